The quantitative estimate of drug-likeness (QED) is 0.312. The number of hydrogen-bond donors (Lipinski definition) is 0. The zero-order valence-corrected chi connectivity index (χ0v) is 12.3. The maximum atomic E-state index is 13.3. The maximum absolute atomic E-state index is 13.3. The molecule has 148 valence electrons. The summed E-state index contributed by atoms with van der Waals surface area (Å²) in [4.78, 5) is 10.6. The van der Waals surface area contributed by atoms with Crippen LogP contribution in [0.1, 0.15) is 19.8 Å². The van der Waals surface area contributed by atoms with Crippen LogP contribution in [0.15, 0.2) is 12.8 Å². The summed E-state index contributed by atoms with van der Waals surface area (Å²) in [6, 6.07) is 0. The molecule has 0 saturated heterocycles. The molecule has 0 amide bonds. The summed E-state index contributed by atoms with van der Waals surface area (Å²) in [7, 11) is 0. The number of halogens is 11. The van der Waals surface area contributed by atoms with Crippen molar-refractivity contribution in [1.82, 2.24) is 0 Å². The first-order chi connectivity index (χ1) is 11.0. The Hall–Kier alpha value is -1.56. The van der Waals surface area contributed by atoms with Gasteiger partial charge in [-0.15, -0.1) is 0 Å². The standard InChI is InChI=1S/C12H11F11O2/c1-3-5-6(13)8(14,15)10(18,19)12(22,23)11(20,21)9(16,17)7(24)25-4-2/h4,6H,2-3,5H2,1H3. The molecule has 13 heteroatoms. The second-order valence-corrected chi connectivity index (χ2v) is 4.75. The van der Waals surface area contributed by atoms with Crippen LogP contribution in [0, 0.1) is 0 Å². The third-order valence-electron chi connectivity index (χ3n) is 2.98. The molecule has 0 bridgehead atoms. The number of rotatable bonds is 9. The summed E-state index contributed by atoms with van der Waals surface area (Å²) in [6.45, 7) is 3.44. The lowest BCUT2D eigenvalue weighted by Crippen LogP contribution is -2.70. The van der Waals surface area contributed by atoms with Gasteiger partial charge in [0, 0.05) is 0 Å². The molecule has 0 rings (SSSR count). The van der Waals surface area contributed by atoms with Crippen LogP contribution in [-0.4, -0.2) is 41.8 Å². The molecule has 25 heavy (non-hydrogen) atoms. The predicted octanol–water partition coefficient (Wildman–Crippen LogP) is 4.99. The van der Waals surface area contributed by atoms with Crippen LogP contribution in [0.2, 0.25) is 0 Å². The third kappa shape index (κ3) is 3.41. The molecule has 0 spiro atoms. The molecule has 0 aliphatic heterocycles. The van der Waals surface area contributed by atoms with Crippen LogP contribution in [0.5, 0.6) is 0 Å². The van der Waals surface area contributed by atoms with E-state index in [4.69, 9.17) is 0 Å². The number of carbonyl (C=O) groups excluding carboxylic acids is 1. The highest BCUT2D eigenvalue weighted by Gasteiger charge is 2.88. The molecule has 0 radical (unpaired) electrons. The van der Waals surface area contributed by atoms with E-state index in [9.17, 15) is 53.1 Å². The number of ether oxygens (including phenoxy) is 1. The fourth-order valence-electron chi connectivity index (χ4n) is 1.51. The van der Waals surface area contributed by atoms with Gasteiger partial charge in [0.25, 0.3) is 0 Å². The Bertz CT molecular complexity index is 501. The van der Waals surface area contributed by atoms with Gasteiger partial charge in [-0.05, 0) is 6.42 Å². The van der Waals surface area contributed by atoms with Crippen molar-refractivity contribution >= 4 is 5.97 Å². The van der Waals surface area contributed by atoms with Gasteiger partial charge in [0.05, 0.1) is 6.26 Å². The van der Waals surface area contributed by atoms with E-state index in [1.165, 1.54) is 0 Å². The summed E-state index contributed by atoms with van der Waals surface area (Å²) in [5.74, 6) is -38.7. The van der Waals surface area contributed by atoms with Crippen molar-refractivity contribution in [2.45, 2.75) is 55.5 Å². The van der Waals surface area contributed by atoms with Crippen LogP contribution >= 0.6 is 0 Å². The summed E-state index contributed by atoms with van der Waals surface area (Å²) in [6.07, 6.45) is -6.27. The van der Waals surface area contributed by atoms with Gasteiger partial charge in [0.15, 0.2) is 6.17 Å². The maximum Gasteiger partial charge on any atom is 0.411 e. The Morgan fingerprint density at radius 3 is 1.76 bits per heavy atom. The number of hydrogen-bond acceptors (Lipinski definition) is 2. The minimum Gasteiger partial charge on any atom is -0.431 e. The van der Waals surface area contributed by atoms with Crippen LogP contribution in [0.3, 0.4) is 0 Å². The van der Waals surface area contributed by atoms with E-state index >= 15 is 0 Å². The van der Waals surface area contributed by atoms with Gasteiger partial charge in [-0.25, -0.2) is 9.18 Å². The molecule has 1 atom stereocenters. The van der Waals surface area contributed by atoms with Crippen LogP contribution < -0.4 is 0 Å². The van der Waals surface area contributed by atoms with Gasteiger partial charge in [-0.3, -0.25) is 0 Å². The molecule has 0 N–H and O–H groups in total. The molecule has 2 nitrogen and oxygen atoms in total. The Kier molecular flexibility index (Phi) is 6.55. The lowest BCUT2D eigenvalue weighted by molar-refractivity contribution is -0.402. The number of esters is 1. The molecule has 0 aliphatic rings. The van der Waals surface area contributed by atoms with E-state index in [0.717, 1.165) is 6.92 Å². The third-order valence-corrected chi connectivity index (χ3v) is 2.98. The second-order valence-electron chi connectivity index (χ2n) is 4.75. The molecule has 0 saturated carbocycles. The summed E-state index contributed by atoms with van der Waals surface area (Å²) >= 11 is 0. The van der Waals surface area contributed by atoms with Crippen LogP contribution in [0.25, 0.3) is 0 Å². The fourth-order valence-corrected chi connectivity index (χ4v) is 1.51. The van der Waals surface area contributed by atoms with E-state index in [0.29, 0.717) is 0 Å². The van der Waals surface area contributed by atoms with E-state index in [-0.39, 0.29) is 6.26 Å². The molecule has 0 aromatic heterocycles. The molecule has 0 aliphatic carbocycles. The van der Waals surface area contributed by atoms with E-state index in [1.807, 2.05) is 0 Å². The Morgan fingerprint density at radius 2 is 1.40 bits per heavy atom. The highest BCUT2D eigenvalue weighted by atomic mass is 19.4. The van der Waals surface area contributed by atoms with Crippen LogP contribution in [-0.2, 0) is 9.53 Å². The smallest absolute Gasteiger partial charge is 0.411 e. The van der Waals surface area contributed by atoms with Crippen molar-refractivity contribution in [1.29, 1.82) is 0 Å². The first-order valence-electron chi connectivity index (χ1n) is 6.31. The lowest BCUT2D eigenvalue weighted by atomic mass is 9.91. The average molecular weight is 396 g/mol. The summed E-state index contributed by atoms with van der Waals surface area (Å²) in [5.41, 5.74) is 0. The first kappa shape index (κ1) is 23.4. The predicted molar refractivity (Wildman–Crippen MR) is 60.8 cm³/mol. The second kappa shape index (κ2) is 6.98. The molecular formula is C12H11F11O2. The van der Waals surface area contributed by atoms with Crippen molar-refractivity contribution in [2.75, 3.05) is 0 Å². The van der Waals surface area contributed by atoms with Gasteiger partial charge < -0.3 is 4.74 Å². The topological polar surface area (TPSA) is 26.3 Å². The van der Waals surface area contributed by atoms with Gasteiger partial charge >= 0.3 is 35.6 Å². The molecule has 0 fully saturated rings. The fraction of sp³-hybridized carbons (Fsp3) is 0.750. The zero-order valence-electron chi connectivity index (χ0n) is 12.3. The van der Waals surface area contributed by atoms with Gasteiger partial charge in [-0.2, -0.15) is 43.9 Å². The van der Waals surface area contributed by atoms with Crippen LogP contribution in [0.4, 0.5) is 48.3 Å². The average Bonchev–Trinajstić information content (AvgIpc) is 2.46. The normalized spacial score (nSPS) is 15.7. The lowest BCUT2D eigenvalue weighted by Gasteiger charge is -2.39. The summed E-state index contributed by atoms with van der Waals surface area (Å²) in [5, 5.41) is 0. The van der Waals surface area contributed by atoms with Gasteiger partial charge in [-0.1, -0.05) is 19.9 Å². The molecule has 1 unspecified atom stereocenters. The minimum atomic E-state index is -7.52. The Labute approximate surface area is 133 Å². The molecule has 0 heterocycles. The van der Waals surface area contributed by atoms with E-state index in [1.54, 1.807) is 0 Å². The molecule has 0 aromatic carbocycles. The number of alkyl halides is 11. The SMILES string of the molecule is C=COC(=O)C(F)(F)C(F)(F)C(F)(F)C(F)(F)C(F)(F)C(F)CCC. The van der Waals surface area contributed by atoms with E-state index in [2.05, 4.69) is 11.3 Å². The van der Waals surface area contributed by atoms with Gasteiger partial charge in [0.1, 0.15) is 0 Å². The minimum absolute atomic E-state index is 0.212. The van der Waals surface area contributed by atoms with Crippen molar-refractivity contribution in [3.63, 3.8) is 0 Å². The first-order valence-corrected chi connectivity index (χ1v) is 6.31. The largest absolute Gasteiger partial charge is 0.431 e. The van der Waals surface area contributed by atoms with Crippen molar-refractivity contribution in [3.05, 3.63) is 12.8 Å². The van der Waals surface area contributed by atoms with Crippen molar-refractivity contribution in [3.8, 4) is 0 Å². The van der Waals surface area contributed by atoms with E-state index < -0.39 is 54.6 Å². The highest BCUT2D eigenvalue weighted by molar-refractivity contribution is 5.79. The molecular weight excluding hydrogens is 385 g/mol. The number of carbonyl (C=O) groups is 1. The Balaban J connectivity index is 6.16. The Morgan fingerprint density at radius 1 is 0.960 bits per heavy atom. The van der Waals surface area contributed by atoms with Crippen molar-refractivity contribution < 1.29 is 57.8 Å². The summed E-state index contributed by atoms with van der Waals surface area (Å²) < 4.78 is 149. The molecule has 0 aromatic rings. The monoisotopic (exact) mass is 396 g/mol. The zero-order chi connectivity index (χ0) is 20.5. The van der Waals surface area contributed by atoms with Crippen molar-refractivity contribution in [2.24, 2.45) is 0 Å². The van der Waals surface area contributed by atoms with Gasteiger partial charge in [0.2, 0.25) is 0 Å². The highest BCUT2D eigenvalue weighted by Crippen LogP contribution is 2.58.